The molecule has 0 atom stereocenters. The maximum absolute atomic E-state index is 11.7. The van der Waals surface area contributed by atoms with Crippen molar-refractivity contribution in [3.8, 4) is 11.5 Å². The normalized spacial score (nSPS) is 10.7. The Hall–Kier alpha value is -2.65. The molecule has 0 aliphatic rings. The van der Waals surface area contributed by atoms with Crippen LogP contribution < -0.4 is 10.2 Å². The summed E-state index contributed by atoms with van der Waals surface area (Å²) in [5.41, 5.74) is 2.61. The fourth-order valence-electron chi connectivity index (χ4n) is 1.90. The van der Waals surface area contributed by atoms with Gasteiger partial charge in [0.2, 0.25) is 5.75 Å². The van der Waals surface area contributed by atoms with Gasteiger partial charge in [-0.05, 0) is 36.8 Å². The standard InChI is InChI=1S/C16H13BrClN3O5/c1-9-4-12(2-3-13(9)18)26-8-15(22)20-19-7-10-5-11(17)6-14(16(10)23)21(24)25/h2-7,23H,8H2,1H3,(H,20,22). The lowest BCUT2D eigenvalue weighted by molar-refractivity contribution is -0.385. The number of nitrogens with one attached hydrogen (secondary N) is 1. The smallest absolute Gasteiger partial charge is 0.312 e. The summed E-state index contributed by atoms with van der Waals surface area (Å²) in [5.74, 6) is -0.617. The zero-order valence-electron chi connectivity index (χ0n) is 13.4. The minimum atomic E-state index is -0.724. The summed E-state index contributed by atoms with van der Waals surface area (Å²) in [4.78, 5) is 21.9. The molecule has 0 aromatic heterocycles. The van der Waals surface area contributed by atoms with Crippen LogP contribution >= 0.6 is 27.5 Å². The Morgan fingerprint density at radius 2 is 2.19 bits per heavy atom. The van der Waals surface area contributed by atoms with E-state index in [9.17, 15) is 20.0 Å². The molecule has 26 heavy (non-hydrogen) atoms. The van der Waals surface area contributed by atoms with Crippen molar-refractivity contribution in [3.63, 3.8) is 0 Å². The fraction of sp³-hybridized carbons (Fsp3) is 0.125. The second kappa shape index (κ2) is 8.63. The van der Waals surface area contributed by atoms with E-state index in [0.717, 1.165) is 17.8 Å². The quantitative estimate of drug-likeness (QED) is 0.403. The van der Waals surface area contributed by atoms with Crippen molar-refractivity contribution < 1.29 is 19.6 Å². The van der Waals surface area contributed by atoms with Gasteiger partial charge >= 0.3 is 5.69 Å². The summed E-state index contributed by atoms with van der Waals surface area (Å²) in [5, 5.41) is 25.0. The van der Waals surface area contributed by atoms with Gasteiger partial charge in [0.25, 0.3) is 5.91 Å². The van der Waals surface area contributed by atoms with Crippen molar-refractivity contribution in [2.24, 2.45) is 5.10 Å². The van der Waals surface area contributed by atoms with E-state index in [0.29, 0.717) is 15.2 Å². The van der Waals surface area contributed by atoms with Crippen LogP contribution in [0.2, 0.25) is 5.02 Å². The number of nitro groups is 1. The van der Waals surface area contributed by atoms with Gasteiger partial charge in [-0.2, -0.15) is 5.10 Å². The molecule has 2 aromatic rings. The van der Waals surface area contributed by atoms with Gasteiger partial charge < -0.3 is 9.84 Å². The molecule has 10 heteroatoms. The molecule has 2 rings (SSSR count). The molecule has 2 N–H and O–H groups in total. The van der Waals surface area contributed by atoms with Gasteiger partial charge in [0.05, 0.1) is 11.1 Å². The fourth-order valence-corrected chi connectivity index (χ4v) is 2.49. The highest BCUT2D eigenvalue weighted by Gasteiger charge is 2.17. The first-order valence-electron chi connectivity index (χ1n) is 7.15. The number of phenols is 1. The van der Waals surface area contributed by atoms with Crippen molar-refractivity contribution in [3.05, 3.63) is 61.1 Å². The van der Waals surface area contributed by atoms with Gasteiger partial charge in [-0.25, -0.2) is 5.43 Å². The Labute approximate surface area is 161 Å². The number of phenolic OH excluding ortho intramolecular Hbond substituents is 1. The Morgan fingerprint density at radius 1 is 1.46 bits per heavy atom. The first kappa shape index (κ1) is 19.7. The molecule has 0 fully saturated rings. The highest BCUT2D eigenvalue weighted by atomic mass is 79.9. The Balaban J connectivity index is 1.96. The molecule has 0 heterocycles. The third-order valence-electron chi connectivity index (χ3n) is 3.17. The van der Waals surface area contributed by atoms with Crippen LogP contribution in [0.5, 0.6) is 11.5 Å². The predicted molar refractivity (Wildman–Crippen MR) is 99.9 cm³/mol. The molecule has 0 saturated carbocycles. The molecule has 136 valence electrons. The van der Waals surface area contributed by atoms with E-state index in [4.69, 9.17) is 16.3 Å². The van der Waals surface area contributed by atoms with Crippen molar-refractivity contribution >= 4 is 45.3 Å². The minimum absolute atomic E-state index is 0.0700. The lowest BCUT2D eigenvalue weighted by Gasteiger charge is -2.06. The molecule has 8 nitrogen and oxygen atoms in total. The van der Waals surface area contributed by atoms with Gasteiger partial charge in [-0.1, -0.05) is 27.5 Å². The Morgan fingerprint density at radius 3 is 2.85 bits per heavy atom. The van der Waals surface area contributed by atoms with Crippen molar-refractivity contribution in [2.75, 3.05) is 6.61 Å². The Bertz CT molecular complexity index is 888. The number of rotatable bonds is 6. The summed E-state index contributed by atoms with van der Waals surface area (Å²) in [7, 11) is 0. The molecule has 0 saturated heterocycles. The van der Waals surface area contributed by atoms with Gasteiger partial charge in [-0.3, -0.25) is 14.9 Å². The molecule has 0 aliphatic carbocycles. The molecular formula is C16H13BrClN3O5. The van der Waals surface area contributed by atoms with E-state index in [2.05, 4.69) is 26.5 Å². The first-order chi connectivity index (χ1) is 12.3. The van der Waals surface area contributed by atoms with Crippen molar-refractivity contribution in [1.29, 1.82) is 0 Å². The molecule has 0 radical (unpaired) electrons. The van der Waals surface area contributed by atoms with Crippen LogP contribution in [0.1, 0.15) is 11.1 Å². The first-order valence-corrected chi connectivity index (χ1v) is 8.32. The number of ether oxygens (including phenoxy) is 1. The van der Waals surface area contributed by atoms with Gasteiger partial charge in [0, 0.05) is 21.1 Å². The number of amides is 1. The number of hydrogen-bond acceptors (Lipinski definition) is 6. The zero-order chi connectivity index (χ0) is 19.3. The van der Waals surface area contributed by atoms with E-state index in [1.165, 1.54) is 6.07 Å². The Kier molecular flexibility index (Phi) is 6.53. The second-order valence-corrected chi connectivity index (χ2v) is 6.44. The van der Waals surface area contributed by atoms with Crippen LogP contribution in [0.15, 0.2) is 39.9 Å². The summed E-state index contributed by atoms with van der Waals surface area (Å²) < 4.78 is 5.69. The zero-order valence-corrected chi connectivity index (χ0v) is 15.7. The van der Waals surface area contributed by atoms with Gasteiger partial charge in [-0.15, -0.1) is 0 Å². The highest BCUT2D eigenvalue weighted by Crippen LogP contribution is 2.32. The maximum atomic E-state index is 11.7. The molecular weight excluding hydrogens is 430 g/mol. The van der Waals surface area contributed by atoms with E-state index in [1.807, 2.05) is 6.92 Å². The number of aryl methyl sites for hydroxylation is 1. The van der Waals surface area contributed by atoms with Crippen molar-refractivity contribution in [1.82, 2.24) is 5.43 Å². The van der Waals surface area contributed by atoms with Gasteiger partial charge in [0.15, 0.2) is 6.61 Å². The monoisotopic (exact) mass is 441 g/mol. The summed E-state index contributed by atoms with van der Waals surface area (Å²) in [6, 6.07) is 7.56. The van der Waals surface area contributed by atoms with E-state index in [-0.39, 0.29) is 12.2 Å². The number of hydrazone groups is 1. The number of nitrogens with zero attached hydrogens (tertiary/aromatic N) is 2. The summed E-state index contributed by atoms with van der Waals surface area (Å²) >= 11 is 9.01. The molecule has 0 aliphatic heterocycles. The number of carbonyl (C=O) groups excluding carboxylic acids is 1. The summed E-state index contributed by atoms with van der Waals surface area (Å²) in [6.07, 6.45) is 1.09. The number of nitro benzene ring substituents is 1. The SMILES string of the molecule is Cc1cc(OCC(=O)NN=Cc2cc(Br)cc([N+](=O)[O-])c2O)ccc1Cl. The van der Waals surface area contributed by atoms with E-state index in [1.54, 1.807) is 18.2 Å². The van der Waals surface area contributed by atoms with Crippen LogP contribution in [-0.4, -0.2) is 28.8 Å². The van der Waals surface area contributed by atoms with Crippen LogP contribution in [0, 0.1) is 17.0 Å². The third-order valence-corrected chi connectivity index (χ3v) is 4.05. The highest BCUT2D eigenvalue weighted by molar-refractivity contribution is 9.10. The molecule has 2 aromatic carbocycles. The molecule has 1 amide bonds. The van der Waals surface area contributed by atoms with Crippen LogP contribution in [0.3, 0.4) is 0 Å². The average molecular weight is 443 g/mol. The number of hydrogen-bond donors (Lipinski definition) is 2. The largest absolute Gasteiger partial charge is 0.502 e. The number of aromatic hydroxyl groups is 1. The van der Waals surface area contributed by atoms with Crippen LogP contribution in [0.25, 0.3) is 0 Å². The van der Waals surface area contributed by atoms with Crippen LogP contribution in [0.4, 0.5) is 5.69 Å². The van der Waals surface area contributed by atoms with Crippen LogP contribution in [-0.2, 0) is 4.79 Å². The molecule has 0 spiro atoms. The lowest BCUT2D eigenvalue weighted by Crippen LogP contribution is -2.24. The summed E-state index contributed by atoms with van der Waals surface area (Å²) in [6.45, 7) is 1.52. The van der Waals surface area contributed by atoms with Gasteiger partial charge in [0.1, 0.15) is 5.75 Å². The lowest BCUT2D eigenvalue weighted by atomic mass is 10.2. The second-order valence-electron chi connectivity index (χ2n) is 5.11. The topological polar surface area (TPSA) is 114 Å². The minimum Gasteiger partial charge on any atom is -0.502 e. The van der Waals surface area contributed by atoms with E-state index >= 15 is 0 Å². The average Bonchev–Trinajstić information content (AvgIpc) is 2.58. The predicted octanol–water partition coefficient (Wildman–Crippen LogP) is 3.55. The number of carbonyl (C=O) groups is 1. The molecule has 0 unspecified atom stereocenters. The van der Waals surface area contributed by atoms with Crippen molar-refractivity contribution in [2.45, 2.75) is 6.92 Å². The number of halogens is 2. The van der Waals surface area contributed by atoms with E-state index < -0.39 is 22.3 Å². The number of benzene rings is 2. The molecule has 0 bridgehead atoms. The third kappa shape index (κ3) is 5.17. The maximum Gasteiger partial charge on any atom is 0.312 e.